The number of aromatic nitrogens is 4. The summed E-state index contributed by atoms with van der Waals surface area (Å²) in [5, 5.41) is 7.37. The minimum atomic E-state index is -0.787. The Bertz CT molecular complexity index is 1240. The topological polar surface area (TPSA) is 90.0 Å². The number of nitrogens with zero attached hydrogens (tertiary/aromatic N) is 3. The van der Waals surface area contributed by atoms with E-state index in [4.69, 9.17) is 21.1 Å². The van der Waals surface area contributed by atoms with Crippen LogP contribution in [0.3, 0.4) is 0 Å². The molecule has 0 amide bonds. The molecule has 0 saturated heterocycles. The van der Waals surface area contributed by atoms with Gasteiger partial charge < -0.3 is 9.47 Å². The lowest BCUT2D eigenvalue weighted by atomic mass is 10.0. The number of pyridine rings is 1. The monoisotopic (exact) mass is 446 g/mol. The first-order chi connectivity index (χ1) is 14.5. The van der Waals surface area contributed by atoms with Gasteiger partial charge in [-0.15, -0.1) is 16.4 Å². The number of aromatic amines is 1. The van der Waals surface area contributed by atoms with Crippen LogP contribution in [0.5, 0.6) is 11.6 Å². The van der Waals surface area contributed by atoms with E-state index < -0.39 is 11.6 Å². The smallest absolute Gasteiger partial charge is 0.241 e. The molecule has 0 radical (unpaired) electrons. The second kappa shape index (κ2) is 8.37. The number of hydrogen-bond donors (Lipinski definition) is 1. The van der Waals surface area contributed by atoms with E-state index in [0.717, 1.165) is 10.6 Å². The highest BCUT2D eigenvalue weighted by molar-refractivity contribution is 7.09. The van der Waals surface area contributed by atoms with E-state index >= 15 is 4.39 Å². The molecule has 4 rings (SSSR count). The number of hydrogen-bond acceptors (Lipinski definition) is 7. The summed E-state index contributed by atoms with van der Waals surface area (Å²) >= 11 is 7.56. The van der Waals surface area contributed by atoms with Gasteiger partial charge in [-0.1, -0.05) is 11.6 Å². The SMILES string of the molecule is COc1n[nH]c2ncc(CC(=O)c3c(Cl)ccc(OCc4scnc4C)c3F)cc12. The van der Waals surface area contributed by atoms with Gasteiger partial charge in [0, 0.05) is 12.6 Å². The Kier molecular flexibility index (Phi) is 5.65. The Labute approximate surface area is 179 Å². The maximum Gasteiger partial charge on any atom is 0.241 e. The van der Waals surface area contributed by atoms with Crippen LogP contribution in [0.4, 0.5) is 4.39 Å². The van der Waals surface area contributed by atoms with Gasteiger partial charge in [-0.3, -0.25) is 9.89 Å². The number of fused-ring (bicyclic) bond motifs is 1. The van der Waals surface area contributed by atoms with E-state index in [9.17, 15) is 4.79 Å². The molecule has 0 aliphatic carbocycles. The van der Waals surface area contributed by atoms with E-state index in [1.54, 1.807) is 11.6 Å². The molecule has 30 heavy (non-hydrogen) atoms. The summed E-state index contributed by atoms with van der Waals surface area (Å²) in [5.74, 6) is -0.949. The fourth-order valence-electron chi connectivity index (χ4n) is 2.96. The molecule has 0 spiro atoms. The number of carbonyl (C=O) groups excluding carboxylic acids is 1. The zero-order valence-corrected chi connectivity index (χ0v) is 17.6. The van der Waals surface area contributed by atoms with Gasteiger partial charge in [-0.2, -0.15) is 0 Å². The van der Waals surface area contributed by atoms with Crippen LogP contribution in [0.15, 0.2) is 29.9 Å². The maximum absolute atomic E-state index is 15.0. The summed E-state index contributed by atoms with van der Waals surface area (Å²) in [6.07, 6.45) is 1.43. The zero-order chi connectivity index (χ0) is 21.3. The van der Waals surface area contributed by atoms with Crippen LogP contribution in [-0.4, -0.2) is 33.1 Å². The molecule has 0 saturated carbocycles. The summed E-state index contributed by atoms with van der Waals surface area (Å²) in [5.41, 5.74) is 3.41. The van der Waals surface area contributed by atoms with Crippen molar-refractivity contribution < 1.29 is 18.7 Å². The quantitative estimate of drug-likeness (QED) is 0.419. The highest BCUT2D eigenvalue weighted by Gasteiger charge is 2.21. The van der Waals surface area contributed by atoms with Crippen molar-refractivity contribution in [1.82, 2.24) is 20.2 Å². The van der Waals surface area contributed by atoms with Crippen molar-refractivity contribution in [2.45, 2.75) is 20.0 Å². The van der Waals surface area contributed by atoms with Crippen molar-refractivity contribution in [3.8, 4) is 11.6 Å². The summed E-state index contributed by atoms with van der Waals surface area (Å²) in [6.45, 7) is 2.01. The Morgan fingerprint density at radius 1 is 1.33 bits per heavy atom. The number of ether oxygens (including phenoxy) is 2. The predicted octanol–water partition coefficient (Wildman–Crippen LogP) is 4.53. The van der Waals surface area contributed by atoms with E-state index in [-0.39, 0.29) is 29.4 Å². The average Bonchev–Trinajstić information content (AvgIpc) is 3.32. The fourth-order valence-corrected chi connectivity index (χ4v) is 3.90. The molecule has 4 aromatic rings. The van der Waals surface area contributed by atoms with Crippen LogP contribution in [0.1, 0.15) is 26.5 Å². The van der Waals surface area contributed by atoms with E-state index in [2.05, 4.69) is 20.2 Å². The van der Waals surface area contributed by atoms with Gasteiger partial charge in [0.1, 0.15) is 6.61 Å². The first kappa shape index (κ1) is 20.2. The molecule has 7 nitrogen and oxygen atoms in total. The van der Waals surface area contributed by atoms with Crippen molar-refractivity contribution in [2.24, 2.45) is 0 Å². The molecule has 0 aliphatic rings. The van der Waals surface area contributed by atoms with E-state index in [0.29, 0.717) is 22.5 Å². The summed E-state index contributed by atoms with van der Waals surface area (Å²) in [4.78, 5) is 22.1. The van der Waals surface area contributed by atoms with Gasteiger partial charge in [-0.05, 0) is 30.7 Å². The Morgan fingerprint density at radius 2 is 2.17 bits per heavy atom. The van der Waals surface area contributed by atoms with Crippen LogP contribution >= 0.6 is 22.9 Å². The molecule has 1 aromatic carbocycles. The molecule has 0 atom stereocenters. The Hall–Kier alpha value is -3.04. The maximum atomic E-state index is 15.0. The molecule has 0 unspecified atom stereocenters. The Morgan fingerprint density at radius 3 is 2.90 bits per heavy atom. The summed E-state index contributed by atoms with van der Waals surface area (Å²) < 4.78 is 25.8. The fraction of sp³-hybridized carbons (Fsp3) is 0.200. The van der Waals surface area contributed by atoms with Crippen LogP contribution in [0.2, 0.25) is 5.02 Å². The Balaban J connectivity index is 1.58. The zero-order valence-electron chi connectivity index (χ0n) is 16.0. The number of H-pyrrole nitrogens is 1. The predicted molar refractivity (Wildman–Crippen MR) is 111 cm³/mol. The van der Waals surface area contributed by atoms with Crippen molar-refractivity contribution in [2.75, 3.05) is 7.11 Å². The van der Waals surface area contributed by atoms with Crippen molar-refractivity contribution >= 4 is 39.8 Å². The molecule has 0 aliphatic heterocycles. The highest BCUT2D eigenvalue weighted by atomic mass is 35.5. The van der Waals surface area contributed by atoms with Gasteiger partial charge in [0.2, 0.25) is 5.88 Å². The first-order valence-electron chi connectivity index (χ1n) is 8.88. The normalized spacial score (nSPS) is 11.1. The first-order valence-corrected chi connectivity index (χ1v) is 10.1. The molecule has 10 heteroatoms. The molecule has 154 valence electrons. The molecule has 0 bridgehead atoms. The summed E-state index contributed by atoms with van der Waals surface area (Å²) in [7, 11) is 1.49. The van der Waals surface area contributed by atoms with E-state index in [1.807, 2.05) is 6.92 Å². The number of nitrogens with one attached hydrogen (secondary N) is 1. The van der Waals surface area contributed by atoms with Crippen molar-refractivity contribution in [3.05, 3.63) is 62.4 Å². The number of carbonyl (C=O) groups is 1. The van der Waals surface area contributed by atoms with Gasteiger partial charge >= 0.3 is 0 Å². The van der Waals surface area contributed by atoms with Crippen molar-refractivity contribution in [1.29, 1.82) is 0 Å². The lowest BCUT2D eigenvalue weighted by Crippen LogP contribution is -2.09. The van der Waals surface area contributed by atoms with Crippen LogP contribution in [-0.2, 0) is 13.0 Å². The number of ketones is 1. The molecule has 3 aromatic heterocycles. The molecule has 0 fully saturated rings. The molecule has 3 heterocycles. The largest absolute Gasteiger partial charge is 0.485 e. The van der Waals surface area contributed by atoms with Crippen LogP contribution in [0, 0.1) is 12.7 Å². The summed E-state index contributed by atoms with van der Waals surface area (Å²) in [6, 6.07) is 4.59. The second-order valence-corrected chi connectivity index (χ2v) is 7.80. The number of halogens is 2. The number of methoxy groups -OCH3 is 1. The van der Waals surface area contributed by atoms with Gasteiger partial charge in [0.25, 0.3) is 0 Å². The van der Waals surface area contributed by atoms with Gasteiger partial charge in [0.05, 0.1) is 39.2 Å². The lowest BCUT2D eigenvalue weighted by molar-refractivity contribution is 0.0988. The second-order valence-electron chi connectivity index (χ2n) is 6.46. The van der Waals surface area contributed by atoms with E-state index in [1.165, 1.54) is 36.8 Å². The van der Waals surface area contributed by atoms with Gasteiger partial charge in [0.15, 0.2) is 23.0 Å². The third kappa shape index (κ3) is 3.86. The standard InChI is InChI=1S/C20H16ClFN4O3S/c1-10-16(30-9-24-10)8-29-15-4-3-13(21)17(18(15)22)14(27)6-11-5-12-19(23-7-11)25-26-20(12)28-2/h3-5,7,9H,6,8H2,1-2H3,(H,23,25,26). The lowest BCUT2D eigenvalue weighted by Gasteiger charge is -2.11. The number of Topliss-reactive ketones (excluding diaryl/α,β-unsaturated/α-hetero) is 1. The van der Waals surface area contributed by atoms with Gasteiger partial charge in [-0.25, -0.2) is 14.4 Å². The molecular weight excluding hydrogens is 431 g/mol. The molecule has 1 N–H and O–H groups in total. The van der Waals surface area contributed by atoms with Crippen LogP contribution < -0.4 is 9.47 Å². The number of rotatable bonds is 7. The third-order valence-electron chi connectivity index (χ3n) is 4.53. The third-order valence-corrected chi connectivity index (χ3v) is 5.76. The number of thiazole rings is 1. The average molecular weight is 447 g/mol. The number of benzene rings is 1. The van der Waals surface area contributed by atoms with Crippen molar-refractivity contribution in [3.63, 3.8) is 0 Å². The minimum absolute atomic E-state index is 0.0220. The minimum Gasteiger partial charge on any atom is -0.485 e. The number of aryl methyl sites for hydroxylation is 1. The van der Waals surface area contributed by atoms with Crippen LogP contribution in [0.25, 0.3) is 11.0 Å². The molecular formula is C20H16ClFN4O3S. The highest BCUT2D eigenvalue weighted by Crippen LogP contribution is 2.30.